The van der Waals surface area contributed by atoms with Crippen LogP contribution in [-0.4, -0.2) is 30.5 Å². The van der Waals surface area contributed by atoms with Crippen molar-refractivity contribution in [2.24, 2.45) is 0 Å². The van der Waals surface area contributed by atoms with Crippen LogP contribution in [0.1, 0.15) is 33.8 Å². The van der Waals surface area contributed by atoms with Gasteiger partial charge >= 0.3 is 5.97 Å². The van der Waals surface area contributed by atoms with Gasteiger partial charge in [0, 0.05) is 18.7 Å². The third-order valence-electron chi connectivity index (χ3n) is 4.82. The van der Waals surface area contributed by atoms with Gasteiger partial charge in [-0.25, -0.2) is 9.78 Å². The highest BCUT2D eigenvalue weighted by Gasteiger charge is 2.25. The summed E-state index contributed by atoms with van der Waals surface area (Å²) in [7, 11) is 1.37. The van der Waals surface area contributed by atoms with Gasteiger partial charge in [-0.1, -0.05) is 12.1 Å². The van der Waals surface area contributed by atoms with Gasteiger partial charge in [0.2, 0.25) is 5.91 Å². The second-order valence-electron chi connectivity index (χ2n) is 6.56. The molecular formula is C21H20N2O3S. The van der Waals surface area contributed by atoms with Gasteiger partial charge in [-0.05, 0) is 55.2 Å². The Labute approximate surface area is 161 Å². The Balaban J connectivity index is 1.37. The maximum absolute atomic E-state index is 12.7. The molecule has 1 aliphatic heterocycles. The highest BCUT2D eigenvalue weighted by atomic mass is 32.1. The number of amides is 1. The first-order valence-electron chi connectivity index (χ1n) is 9.02. The molecule has 2 aromatic carbocycles. The highest BCUT2D eigenvalue weighted by Crippen LogP contribution is 2.30. The summed E-state index contributed by atoms with van der Waals surface area (Å²) in [6.07, 6.45) is 2.86. The lowest BCUT2D eigenvalue weighted by atomic mass is 10.1. The highest BCUT2D eigenvalue weighted by molar-refractivity contribution is 7.18. The summed E-state index contributed by atoms with van der Waals surface area (Å²) in [5, 5.41) is 1.08. The molecule has 6 heteroatoms. The summed E-state index contributed by atoms with van der Waals surface area (Å²) in [6.45, 7) is 0.667. The zero-order chi connectivity index (χ0) is 18.8. The van der Waals surface area contributed by atoms with E-state index in [1.54, 1.807) is 17.4 Å². The van der Waals surface area contributed by atoms with Crippen molar-refractivity contribution < 1.29 is 14.3 Å². The smallest absolute Gasteiger partial charge is 0.337 e. The van der Waals surface area contributed by atoms with Gasteiger partial charge in [0.05, 0.1) is 27.9 Å². The Morgan fingerprint density at radius 2 is 2.07 bits per heavy atom. The zero-order valence-corrected chi connectivity index (χ0v) is 15.9. The molecule has 0 bridgehead atoms. The standard InChI is InChI=1S/C21H20N2O3S/c1-26-21(25)15-9-10-17-14(13-15)11-12-23(17)20(24)8-4-7-19-22-16-5-2-3-6-18(16)27-19/h2-3,5-6,9-10,13H,4,7-8,11-12H2,1H3. The molecule has 0 saturated heterocycles. The number of benzene rings is 2. The number of anilines is 1. The van der Waals surface area contributed by atoms with E-state index in [4.69, 9.17) is 4.74 Å². The third-order valence-corrected chi connectivity index (χ3v) is 5.91. The fourth-order valence-electron chi connectivity index (χ4n) is 3.46. The van der Waals surface area contributed by atoms with Gasteiger partial charge in [0.25, 0.3) is 0 Å². The molecule has 138 valence electrons. The van der Waals surface area contributed by atoms with Crippen molar-refractivity contribution in [1.82, 2.24) is 4.98 Å². The van der Waals surface area contributed by atoms with Crippen LogP contribution in [0.2, 0.25) is 0 Å². The average Bonchev–Trinajstić information content (AvgIpc) is 3.30. The number of rotatable bonds is 5. The van der Waals surface area contributed by atoms with E-state index >= 15 is 0 Å². The summed E-state index contributed by atoms with van der Waals surface area (Å²) in [6, 6.07) is 13.5. The van der Waals surface area contributed by atoms with Crippen LogP contribution in [0.4, 0.5) is 5.69 Å². The summed E-state index contributed by atoms with van der Waals surface area (Å²) in [4.78, 5) is 30.8. The maximum Gasteiger partial charge on any atom is 0.337 e. The van der Waals surface area contributed by atoms with Crippen molar-refractivity contribution in [2.75, 3.05) is 18.6 Å². The minimum absolute atomic E-state index is 0.126. The van der Waals surface area contributed by atoms with Crippen LogP contribution in [-0.2, 0) is 22.4 Å². The Morgan fingerprint density at radius 3 is 2.89 bits per heavy atom. The van der Waals surface area contributed by atoms with Gasteiger partial charge in [-0.3, -0.25) is 4.79 Å². The van der Waals surface area contributed by atoms with Gasteiger partial charge in [0.1, 0.15) is 0 Å². The van der Waals surface area contributed by atoms with Crippen molar-refractivity contribution in [1.29, 1.82) is 0 Å². The number of para-hydroxylation sites is 1. The molecule has 27 heavy (non-hydrogen) atoms. The number of esters is 1. The van der Waals surface area contributed by atoms with Crippen molar-refractivity contribution in [3.8, 4) is 0 Å². The summed E-state index contributed by atoms with van der Waals surface area (Å²) in [5.41, 5.74) is 3.49. The first-order valence-corrected chi connectivity index (χ1v) is 9.83. The number of methoxy groups -OCH3 is 1. The number of aromatic nitrogens is 1. The fourth-order valence-corrected chi connectivity index (χ4v) is 4.47. The van der Waals surface area contributed by atoms with Crippen LogP contribution in [0.15, 0.2) is 42.5 Å². The second kappa shape index (κ2) is 7.48. The number of carbonyl (C=O) groups excluding carboxylic acids is 2. The van der Waals surface area contributed by atoms with E-state index in [9.17, 15) is 9.59 Å². The molecule has 1 aliphatic rings. The topological polar surface area (TPSA) is 59.5 Å². The average molecular weight is 380 g/mol. The number of aryl methyl sites for hydroxylation is 1. The Kier molecular flexibility index (Phi) is 4.90. The van der Waals surface area contributed by atoms with Crippen molar-refractivity contribution in [3.63, 3.8) is 0 Å². The minimum Gasteiger partial charge on any atom is -0.465 e. The molecule has 0 unspecified atom stereocenters. The monoisotopic (exact) mass is 380 g/mol. The fraction of sp³-hybridized carbons (Fsp3) is 0.286. The lowest BCUT2D eigenvalue weighted by Crippen LogP contribution is -2.28. The number of thiazole rings is 1. The quantitative estimate of drug-likeness (QED) is 0.628. The molecule has 0 aliphatic carbocycles. The molecule has 0 spiro atoms. The lowest BCUT2D eigenvalue weighted by molar-refractivity contribution is -0.118. The van der Waals surface area contributed by atoms with Crippen LogP contribution in [0.3, 0.4) is 0 Å². The number of carbonyl (C=O) groups is 2. The molecule has 5 nitrogen and oxygen atoms in total. The van der Waals surface area contributed by atoms with E-state index in [-0.39, 0.29) is 11.9 Å². The van der Waals surface area contributed by atoms with Crippen molar-refractivity contribution in [3.05, 3.63) is 58.6 Å². The molecule has 1 aromatic heterocycles. The van der Waals surface area contributed by atoms with Crippen molar-refractivity contribution in [2.45, 2.75) is 25.7 Å². The number of nitrogens with zero attached hydrogens (tertiary/aromatic N) is 2. The molecular weight excluding hydrogens is 360 g/mol. The summed E-state index contributed by atoms with van der Waals surface area (Å²) in [5.74, 6) is -0.223. The number of hydrogen-bond acceptors (Lipinski definition) is 5. The Bertz CT molecular complexity index is 979. The predicted octanol–water partition coefficient (Wildman–Crippen LogP) is 3.99. The van der Waals surface area contributed by atoms with Crippen LogP contribution in [0.5, 0.6) is 0 Å². The second-order valence-corrected chi connectivity index (χ2v) is 7.67. The molecule has 0 saturated carbocycles. The Hall–Kier alpha value is -2.73. The third kappa shape index (κ3) is 3.57. The van der Waals surface area contributed by atoms with Gasteiger partial charge in [0.15, 0.2) is 0 Å². The van der Waals surface area contributed by atoms with Crippen LogP contribution in [0.25, 0.3) is 10.2 Å². The van der Waals surface area contributed by atoms with Gasteiger partial charge < -0.3 is 9.64 Å². The predicted molar refractivity (Wildman–Crippen MR) is 106 cm³/mol. The largest absolute Gasteiger partial charge is 0.465 e. The molecule has 4 rings (SSSR count). The number of ether oxygens (including phenoxy) is 1. The molecule has 0 N–H and O–H groups in total. The van der Waals surface area contributed by atoms with E-state index in [0.717, 1.165) is 41.0 Å². The first-order chi connectivity index (χ1) is 13.2. The van der Waals surface area contributed by atoms with Crippen molar-refractivity contribution >= 4 is 39.1 Å². The van der Waals surface area contributed by atoms with E-state index in [1.165, 1.54) is 11.8 Å². The number of hydrogen-bond donors (Lipinski definition) is 0. The van der Waals surface area contributed by atoms with E-state index < -0.39 is 0 Å². The van der Waals surface area contributed by atoms with E-state index in [0.29, 0.717) is 18.5 Å². The molecule has 0 radical (unpaired) electrons. The minimum atomic E-state index is -0.349. The van der Waals surface area contributed by atoms with Gasteiger partial charge in [-0.15, -0.1) is 11.3 Å². The van der Waals surface area contributed by atoms with E-state index in [1.807, 2.05) is 35.2 Å². The first kappa shape index (κ1) is 17.7. The van der Waals surface area contributed by atoms with E-state index in [2.05, 4.69) is 11.1 Å². The molecule has 2 heterocycles. The lowest BCUT2D eigenvalue weighted by Gasteiger charge is -2.17. The van der Waals surface area contributed by atoms with Crippen LogP contribution in [0, 0.1) is 0 Å². The summed E-state index contributed by atoms with van der Waals surface area (Å²) >= 11 is 1.70. The zero-order valence-electron chi connectivity index (χ0n) is 15.1. The molecule has 1 amide bonds. The SMILES string of the molecule is COC(=O)c1ccc2c(c1)CCN2C(=O)CCCc1nc2ccccc2s1. The summed E-state index contributed by atoms with van der Waals surface area (Å²) < 4.78 is 5.95. The van der Waals surface area contributed by atoms with Crippen LogP contribution >= 0.6 is 11.3 Å². The normalized spacial score (nSPS) is 13.0. The van der Waals surface area contributed by atoms with Crippen LogP contribution < -0.4 is 4.90 Å². The molecule has 0 fully saturated rings. The number of fused-ring (bicyclic) bond motifs is 2. The van der Waals surface area contributed by atoms with Gasteiger partial charge in [-0.2, -0.15) is 0 Å². The maximum atomic E-state index is 12.7. The molecule has 3 aromatic rings. The molecule has 0 atom stereocenters. The Morgan fingerprint density at radius 1 is 1.22 bits per heavy atom.